The molecule has 2 aliphatic rings. The van der Waals surface area contributed by atoms with E-state index in [1.165, 1.54) is 6.42 Å². The molecular weight excluding hydrogens is 352 g/mol. The molecule has 1 aliphatic carbocycles. The number of hydrogen-bond donors (Lipinski definition) is 2. The second-order valence-electron chi connectivity index (χ2n) is 8.07. The Bertz CT molecular complexity index is 934. The minimum Gasteiger partial charge on any atom is -0.459 e. The summed E-state index contributed by atoms with van der Waals surface area (Å²) in [6.07, 6.45) is 5.85. The highest BCUT2D eigenvalue weighted by Crippen LogP contribution is 2.47. The minimum atomic E-state index is -0.333. The fraction of sp³-hybridized carbons (Fsp3) is 0.545. The highest BCUT2D eigenvalue weighted by molar-refractivity contribution is 6.00. The van der Waals surface area contributed by atoms with Gasteiger partial charge in [0.15, 0.2) is 0 Å². The number of carbonyl (C=O) groups excluding carboxylic acids is 1. The van der Waals surface area contributed by atoms with Gasteiger partial charge in [-0.15, -0.1) is 0 Å². The largest absolute Gasteiger partial charge is 0.459 e. The van der Waals surface area contributed by atoms with Crippen molar-refractivity contribution in [3.63, 3.8) is 0 Å². The summed E-state index contributed by atoms with van der Waals surface area (Å²) in [5.41, 5.74) is 3.66. The van der Waals surface area contributed by atoms with E-state index in [1.54, 1.807) is 0 Å². The first-order valence-corrected chi connectivity index (χ1v) is 10.3. The highest BCUT2D eigenvalue weighted by atomic mass is 16.3. The van der Waals surface area contributed by atoms with Gasteiger partial charge in [0.2, 0.25) is 0 Å². The van der Waals surface area contributed by atoms with E-state index in [0.29, 0.717) is 13.0 Å². The van der Waals surface area contributed by atoms with Crippen LogP contribution in [0, 0.1) is 18.3 Å². The van der Waals surface area contributed by atoms with Gasteiger partial charge in [-0.25, -0.2) is 4.79 Å². The van der Waals surface area contributed by atoms with Crippen molar-refractivity contribution in [2.45, 2.75) is 64.5 Å². The van der Waals surface area contributed by atoms with Gasteiger partial charge >= 0.3 is 6.03 Å². The highest BCUT2D eigenvalue weighted by Gasteiger charge is 2.43. The summed E-state index contributed by atoms with van der Waals surface area (Å²) in [6.45, 7) is 6.45. The van der Waals surface area contributed by atoms with Crippen molar-refractivity contribution in [1.82, 2.24) is 10.2 Å². The Labute approximate surface area is 165 Å². The maximum Gasteiger partial charge on any atom is 0.319 e. The van der Waals surface area contributed by atoms with Crippen molar-refractivity contribution in [3.05, 3.63) is 29.0 Å². The summed E-state index contributed by atoms with van der Waals surface area (Å²) in [5.74, 6) is 0.908. The number of benzene rings is 1. The SMILES string of the molecule is CCN(CCC#N)Cc1cc2cc(C)c3c(c2o1)C1(CCCCC1)NC(=O)N3. The molecule has 6 nitrogen and oxygen atoms in total. The van der Waals surface area contributed by atoms with Crippen molar-refractivity contribution in [2.75, 3.05) is 18.4 Å². The molecule has 28 heavy (non-hydrogen) atoms. The molecule has 4 rings (SSSR count). The van der Waals surface area contributed by atoms with Gasteiger partial charge in [0, 0.05) is 23.9 Å². The number of amides is 2. The first-order valence-electron chi connectivity index (χ1n) is 10.3. The third kappa shape index (κ3) is 3.24. The predicted molar refractivity (Wildman–Crippen MR) is 109 cm³/mol. The minimum absolute atomic E-state index is 0.114. The van der Waals surface area contributed by atoms with Crippen LogP contribution in [-0.4, -0.2) is 24.0 Å². The Morgan fingerprint density at radius 2 is 2.07 bits per heavy atom. The number of nitrogens with one attached hydrogen (secondary N) is 2. The number of hydrogen-bond acceptors (Lipinski definition) is 4. The Kier molecular flexibility index (Phi) is 5.03. The standard InChI is InChI=1S/C22H28N4O2/c1-3-26(11-7-10-23)14-17-13-16-12-15(2)19-18(20(16)28-17)22(25-21(27)24-19)8-5-4-6-9-22/h12-13H,3-9,11,14H2,1-2H3,(H2,24,25,27). The Morgan fingerprint density at radius 3 is 2.79 bits per heavy atom. The number of furan rings is 1. The monoisotopic (exact) mass is 380 g/mol. The molecule has 2 N–H and O–H groups in total. The van der Waals surface area contributed by atoms with Crippen LogP contribution in [0.3, 0.4) is 0 Å². The maximum atomic E-state index is 12.4. The number of nitrogens with zero attached hydrogens (tertiary/aromatic N) is 2. The van der Waals surface area contributed by atoms with Crippen LogP contribution >= 0.6 is 0 Å². The molecular formula is C22H28N4O2. The summed E-state index contributed by atoms with van der Waals surface area (Å²) < 4.78 is 6.38. The van der Waals surface area contributed by atoms with Crippen molar-refractivity contribution in [3.8, 4) is 6.07 Å². The molecule has 1 spiro atoms. The summed E-state index contributed by atoms with van der Waals surface area (Å²) >= 11 is 0. The average molecular weight is 380 g/mol. The van der Waals surface area contributed by atoms with Crippen LogP contribution in [0.5, 0.6) is 0 Å². The lowest BCUT2D eigenvalue weighted by Crippen LogP contribution is -2.52. The van der Waals surface area contributed by atoms with Crippen molar-refractivity contribution >= 4 is 22.7 Å². The number of fused-ring (bicyclic) bond motifs is 4. The van der Waals surface area contributed by atoms with E-state index in [1.807, 2.05) is 0 Å². The van der Waals surface area contributed by atoms with Gasteiger partial charge in [-0.3, -0.25) is 4.90 Å². The molecule has 2 heterocycles. The summed E-state index contributed by atoms with van der Waals surface area (Å²) in [7, 11) is 0. The van der Waals surface area contributed by atoms with Crippen LogP contribution in [0.4, 0.5) is 10.5 Å². The average Bonchev–Trinajstić information content (AvgIpc) is 3.07. The third-order valence-electron chi connectivity index (χ3n) is 6.20. The van der Waals surface area contributed by atoms with Crippen molar-refractivity contribution < 1.29 is 9.21 Å². The lowest BCUT2D eigenvalue weighted by molar-refractivity contribution is 0.208. The van der Waals surface area contributed by atoms with Crippen molar-refractivity contribution in [2.24, 2.45) is 0 Å². The fourth-order valence-corrected chi connectivity index (χ4v) is 4.81. The van der Waals surface area contributed by atoms with Crippen LogP contribution in [0.15, 0.2) is 16.5 Å². The first-order chi connectivity index (χ1) is 13.6. The molecule has 2 aromatic rings. The normalized spacial score (nSPS) is 18.0. The van der Waals surface area contributed by atoms with Crippen LogP contribution in [-0.2, 0) is 12.1 Å². The Balaban J connectivity index is 1.79. The zero-order valence-corrected chi connectivity index (χ0v) is 16.7. The smallest absolute Gasteiger partial charge is 0.319 e. The summed E-state index contributed by atoms with van der Waals surface area (Å²) in [5, 5.41) is 16.2. The van der Waals surface area contributed by atoms with Gasteiger partial charge in [0.1, 0.15) is 11.3 Å². The third-order valence-corrected chi connectivity index (χ3v) is 6.20. The molecule has 1 aromatic heterocycles. The summed E-state index contributed by atoms with van der Waals surface area (Å²) in [6, 6.07) is 6.32. The van der Waals surface area contributed by atoms with Crippen LogP contribution in [0.2, 0.25) is 0 Å². The van der Waals surface area contributed by atoms with Gasteiger partial charge in [-0.05, 0) is 44.0 Å². The molecule has 0 saturated heterocycles. The van der Waals surface area contributed by atoms with Crippen molar-refractivity contribution in [1.29, 1.82) is 5.26 Å². The van der Waals surface area contributed by atoms with E-state index < -0.39 is 0 Å². The summed E-state index contributed by atoms with van der Waals surface area (Å²) in [4.78, 5) is 14.6. The first kappa shape index (κ1) is 18.8. The molecule has 0 unspecified atom stereocenters. The molecule has 1 fully saturated rings. The van der Waals surface area contributed by atoms with Gasteiger partial charge in [0.05, 0.1) is 23.8 Å². The van der Waals surface area contributed by atoms with E-state index in [4.69, 9.17) is 9.68 Å². The Hall–Kier alpha value is -2.52. The molecule has 1 aliphatic heterocycles. The second-order valence-corrected chi connectivity index (χ2v) is 8.07. The number of nitriles is 1. The van der Waals surface area contributed by atoms with Gasteiger partial charge < -0.3 is 15.1 Å². The number of anilines is 1. The van der Waals surface area contributed by atoms with Gasteiger partial charge in [-0.1, -0.05) is 26.2 Å². The van der Waals surface area contributed by atoms with Gasteiger partial charge in [0.25, 0.3) is 0 Å². The Morgan fingerprint density at radius 1 is 1.29 bits per heavy atom. The van der Waals surface area contributed by atoms with Crippen LogP contribution in [0.25, 0.3) is 11.0 Å². The molecule has 148 valence electrons. The fourth-order valence-electron chi connectivity index (χ4n) is 4.81. The zero-order chi connectivity index (χ0) is 19.7. The maximum absolute atomic E-state index is 12.4. The van der Waals surface area contributed by atoms with E-state index >= 15 is 0 Å². The molecule has 2 amide bonds. The van der Waals surface area contributed by atoms with E-state index in [9.17, 15) is 4.79 Å². The number of carbonyl (C=O) groups is 1. The quantitative estimate of drug-likeness (QED) is 0.783. The molecule has 0 atom stereocenters. The molecule has 6 heteroatoms. The molecule has 0 radical (unpaired) electrons. The number of aryl methyl sites for hydroxylation is 1. The van der Waals surface area contributed by atoms with E-state index in [-0.39, 0.29) is 11.6 Å². The molecule has 0 bridgehead atoms. The molecule has 1 saturated carbocycles. The topological polar surface area (TPSA) is 81.3 Å². The second kappa shape index (κ2) is 7.48. The lowest BCUT2D eigenvalue weighted by atomic mass is 9.74. The predicted octanol–water partition coefficient (Wildman–Crippen LogP) is 4.77. The number of urea groups is 1. The zero-order valence-electron chi connectivity index (χ0n) is 16.7. The van der Waals surface area contributed by atoms with Crippen LogP contribution < -0.4 is 10.6 Å². The van der Waals surface area contributed by atoms with E-state index in [2.05, 4.69) is 47.6 Å². The number of rotatable bonds is 5. The molecule has 1 aromatic carbocycles. The lowest BCUT2D eigenvalue weighted by Gasteiger charge is -2.43. The van der Waals surface area contributed by atoms with Gasteiger partial charge in [-0.2, -0.15) is 5.26 Å². The van der Waals surface area contributed by atoms with Crippen LogP contribution in [0.1, 0.15) is 62.3 Å². The van der Waals surface area contributed by atoms with E-state index in [0.717, 1.165) is 72.3 Å².